The van der Waals surface area contributed by atoms with Gasteiger partial charge in [0.1, 0.15) is 6.61 Å². The van der Waals surface area contributed by atoms with E-state index in [1.165, 1.54) is 11.1 Å². The van der Waals surface area contributed by atoms with Crippen LogP contribution in [0.15, 0.2) is 48.5 Å². The molecule has 1 heterocycles. The number of nitrogens with zero attached hydrogens (tertiary/aromatic N) is 1. The van der Waals surface area contributed by atoms with Crippen LogP contribution in [0.5, 0.6) is 0 Å². The van der Waals surface area contributed by atoms with Gasteiger partial charge in [-0.3, -0.25) is 9.59 Å². The second-order valence-corrected chi connectivity index (χ2v) is 8.76. The predicted molar refractivity (Wildman–Crippen MR) is 124 cm³/mol. The molecular formula is C26H30N2O5. The first-order valence-electron chi connectivity index (χ1n) is 11.6. The van der Waals surface area contributed by atoms with Crippen LogP contribution in [-0.2, 0) is 14.3 Å². The zero-order chi connectivity index (χ0) is 23.4. The Morgan fingerprint density at radius 3 is 2.33 bits per heavy atom. The fourth-order valence-corrected chi connectivity index (χ4v) is 5.01. The SMILES string of the molecule is CC[C@H](CC(=O)N1CCC[C@@H]1CC(=O)O)NC(=O)OCC1c2ccccc2-c2ccccc21. The summed E-state index contributed by atoms with van der Waals surface area (Å²) in [6.45, 7) is 2.69. The van der Waals surface area contributed by atoms with Crippen LogP contribution in [0, 0.1) is 0 Å². The maximum atomic E-state index is 12.8. The van der Waals surface area contributed by atoms with Gasteiger partial charge in [0.15, 0.2) is 0 Å². The Bertz CT molecular complexity index is 991. The van der Waals surface area contributed by atoms with Crippen molar-refractivity contribution in [1.82, 2.24) is 10.2 Å². The average Bonchev–Trinajstić information content (AvgIpc) is 3.39. The van der Waals surface area contributed by atoms with E-state index < -0.39 is 12.1 Å². The quantitative estimate of drug-likeness (QED) is 0.630. The average molecular weight is 451 g/mol. The van der Waals surface area contributed by atoms with Crippen molar-refractivity contribution >= 4 is 18.0 Å². The molecule has 0 aromatic heterocycles. The molecule has 0 bridgehead atoms. The predicted octanol–water partition coefficient (Wildman–Crippen LogP) is 4.16. The second-order valence-electron chi connectivity index (χ2n) is 8.76. The molecule has 0 saturated carbocycles. The maximum absolute atomic E-state index is 12.8. The largest absolute Gasteiger partial charge is 0.481 e. The highest BCUT2D eigenvalue weighted by atomic mass is 16.5. The fourth-order valence-electron chi connectivity index (χ4n) is 5.01. The van der Waals surface area contributed by atoms with Gasteiger partial charge in [0, 0.05) is 31.0 Å². The number of hydrogen-bond acceptors (Lipinski definition) is 4. The number of ether oxygens (including phenoxy) is 1. The number of alkyl carbamates (subject to hydrolysis) is 1. The topological polar surface area (TPSA) is 95.9 Å². The van der Waals surface area contributed by atoms with E-state index in [9.17, 15) is 14.4 Å². The van der Waals surface area contributed by atoms with Gasteiger partial charge < -0.3 is 20.1 Å². The molecule has 1 aliphatic carbocycles. The Kier molecular flexibility index (Phi) is 6.96. The number of carboxylic acid groups (broad SMARTS) is 1. The molecule has 2 atom stereocenters. The van der Waals surface area contributed by atoms with E-state index >= 15 is 0 Å². The van der Waals surface area contributed by atoms with Gasteiger partial charge in [0.25, 0.3) is 0 Å². The molecule has 7 heteroatoms. The summed E-state index contributed by atoms with van der Waals surface area (Å²) in [7, 11) is 0. The number of carbonyl (C=O) groups is 3. The van der Waals surface area contributed by atoms with Crippen molar-refractivity contribution in [3.63, 3.8) is 0 Å². The third-order valence-electron chi connectivity index (χ3n) is 6.69. The highest BCUT2D eigenvalue weighted by Gasteiger charge is 2.32. The Hall–Kier alpha value is -3.35. The van der Waals surface area contributed by atoms with Crippen LogP contribution >= 0.6 is 0 Å². The van der Waals surface area contributed by atoms with E-state index in [4.69, 9.17) is 9.84 Å². The number of hydrogen-bond donors (Lipinski definition) is 2. The summed E-state index contributed by atoms with van der Waals surface area (Å²) in [5.74, 6) is -1.04. The minimum Gasteiger partial charge on any atom is -0.481 e. The number of benzene rings is 2. The molecule has 2 aromatic carbocycles. The van der Waals surface area contributed by atoms with Crippen molar-refractivity contribution in [1.29, 1.82) is 0 Å². The highest BCUT2D eigenvalue weighted by molar-refractivity contribution is 5.80. The number of nitrogens with one attached hydrogen (secondary N) is 1. The van der Waals surface area contributed by atoms with Crippen molar-refractivity contribution in [2.45, 2.75) is 57.0 Å². The lowest BCUT2D eigenvalue weighted by molar-refractivity contribution is -0.140. The summed E-state index contributed by atoms with van der Waals surface area (Å²) in [5, 5.41) is 11.9. The lowest BCUT2D eigenvalue weighted by Crippen LogP contribution is -2.43. The zero-order valence-corrected chi connectivity index (χ0v) is 18.8. The van der Waals surface area contributed by atoms with Gasteiger partial charge in [-0.25, -0.2) is 4.79 Å². The van der Waals surface area contributed by atoms with Gasteiger partial charge in [-0.15, -0.1) is 0 Å². The molecule has 33 heavy (non-hydrogen) atoms. The number of likely N-dealkylation sites (tertiary alicyclic amines) is 1. The summed E-state index contributed by atoms with van der Waals surface area (Å²) in [6.07, 6.45) is 1.64. The fraction of sp³-hybridized carbons (Fsp3) is 0.423. The molecule has 1 aliphatic heterocycles. The zero-order valence-electron chi connectivity index (χ0n) is 18.8. The Labute approximate surface area is 193 Å². The van der Waals surface area contributed by atoms with Crippen LogP contribution in [0.2, 0.25) is 0 Å². The first-order chi connectivity index (χ1) is 16.0. The number of rotatable bonds is 8. The van der Waals surface area contributed by atoms with E-state index in [1.54, 1.807) is 4.90 Å². The minimum absolute atomic E-state index is 0.0220. The molecule has 0 spiro atoms. The standard InChI is InChI=1S/C26H30N2O5/c1-2-17(14-24(29)28-13-7-8-18(28)15-25(30)31)27-26(32)33-16-23-21-11-5-3-9-19(21)20-10-4-6-12-22(20)23/h3-6,9-12,17-18,23H,2,7-8,13-16H2,1H3,(H,27,32)(H,30,31)/t17-,18-/m1/s1. The normalized spacial score (nSPS) is 17.8. The Morgan fingerprint density at radius 2 is 1.73 bits per heavy atom. The summed E-state index contributed by atoms with van der Waals surface area (Å²) < 4.78 is 5.60. The van der Waals surface area contributed by atoms with E-state index in [-0.39, 0.29) is 43.4 Å². The van der Waals surface area contributed by atoms with Gasteiger partial charge in [0.2, 0.25) is 5.91 Å². The van der Waals surface area contributed by atoms with Crippen molar-refractivity contribution in [3.8, 4) is 11.1 Å². The summed E-state index contributed by atoms with van der Waals surface area (Å²) in [4.78, 5) is 38.1. The number of carbonyl (C=O) groups excluding carboxylic acids is 2. The number of fused-ring (bicyclic) bond motifs is 3. The number of amides is 2. The van der Waals surface area contributed by atoms with Crippen LogP contribution < -0.4 is 5.32 Å². The Morgan fingerprint density at radius 1 is 1.09 bits per heavy atom. The van der Waals surface area contributed by atoms with Gasteiger partial charge in [0.05, 0.1) is 6.42 Å². The van der Waals surface area contributed by atoms with E-state index in [1.807, 2.05) is 31.2 Å². The molecule has 174 valence electrons. The molecular weight excluding hydrogens is 420 g/mol. The lowest BCUT2D eigenvalue weighted by atomic mass is 9.98. The van der Waals surface area contributed by atoms with Crippen molar-refractivity contribution in [2.75, 3.05) is 13.2 Å². The van der Waals surface area contributed by atoms with Crippen LogP contribution in [0.4, 0.5) is 4.79 Å². The summed E-state index contributed by atoms with van der Waals surface area (Å²) in [6, 6.07) is 15.7. The molecule has 1 fully saturated rings. The molecule has 2 aromatic rings. The molecule has 0 radical (unpaired) electrons. The molecule has 1 saturated heterocycles. The molecule has 4 rings (SSSR count). The maximum Gasteiger partial charge on any atom is 0.407 e. The van der Waals surface area contributed by atoms with E-state index in [0.717, 1.165) is 17.5 Å². The van der Waals surface area contributed by atoms with Crippen LogP contribution in [0.25, 0.3) is 11.1 Å². The third-order valence-corrected chi connectivity index (χ3v) is 6.69. The van der Waals surface area contributed by atoms with Crippen LogP contribution in [0.1, 0.15) is 56.1 Å². The van der Waals surface area contributed by atoms with Gasteiger partial charge in [-0.2, -0.15) is 0 Å². The molecule has 7 nitrogen and oxygen atoms in total. The highest BCUT2D eigenvalue weighted by Crippen LogP contribution is 2.44. The van der Waals surface area contributed by atoms with Gasteiger partial charge in [-0.05, 0) is 41.5 Å². The molecule has 0 unspecified atom stereocenters. The first kappa shape index (κ1) is 22.8. The van der Waals surface area contributed by atoms with Gasteiger partial charge in [-0.1, -0.05) is 55.5 Å². The van der Waals surface area contributed by atoms with Crippen LogP contribution in [-0.4, -0.2) is 53.2 Å². The third kappa shape index (κ3) is 5.02. The van der Waals surface area contributed by atoms with Gasteiger partial charge >= 0.3 is 12.1 Å². The smallest absolute Gasteiger partial charge is 0.407 e. The van der Waals surface area contributed by atoms with Crippen LogP contribution in [0.3, 0.4) is 0 Å². The van der Waals surface area contributed by atoms with Crippen molar-refractivity contribution in [2.24, 2.45) is 0 Å². The monoisotopic (exact) mass is 450 g/mol. The van der Waals surface area contributed by atoms with Crippen molar-refractivity contribution < 1.29 is 24.2 Å². The number of carboxylic acids is 1. The molecule has 2 amide bonds. The number of aliphatic carboxylic acids is 1. The van der Waals surface area contributed by atoms with E-state index in [0.29, 0.717) is 19.4 Å². The Balaban J connectivity index is 1.34. The molecule has 2 N–H and O–H groups in total. The lowest BCUT2D eigenvalue weighted by Gasteiger charge is -2.26. The minimum atomic E-state index is -0.900. The first-order valence-corrected chi connectivity index (χ1v) is 11.6. The van der Waals surface area contributed by atoms with E-state index in [2.05, 4.69) is 29.6 Å². The second kappa shape index (κ2) is 10.1. The molecule has 2 aliphatic rings. The summed E-state index contributed by atoms with van der Waals surface area (Å²) >= 11 is 0. The summed E-state index contributed by atoms with van der Waals surface area (Å²) in [5.41, 5.74) is 4.63. The van der Waals surface area contributed by atoms with Crippen molar-refractivity contribution in [3.05, 3.63) is 59.7 Å².